The van der Waals surface area contributed by atoms with Gasteiger partial charge in [-0.15, -0.1) is 0 Å². The molecule has 2 N–H and O–H groups in total. The molecule has 0 heterocycles. The lowest BCUT2D eigenvalue weighted by Gasteiger charge is -2.02. The van der Waals surface area contributed by atoms with Crippen LogP contribution in [0.5, 0.6) is 0 Å². The zero-order chi connectivity index (χ0) is 12.3. The van der Waals surface area contributed by atoms with Crippen molar-refractivity contribution in [3.63, 3.8) is 0 Å². The van der Waals surface area contributed by atoms with Gasteiger partial charge >= 0.3 is 0 Å². The molecule has 0 fully saturated rings. The minimum absolute atomic E-state index is 0.0830. The van der Waals surface area contributed by atoms with E-state index in [1.54, 1.807) is 24.3 Å². The second-order valence-electron chi connectivity index (χ2n) is 3.85. The van der Waals surface area contributed by atoms with E-state index in [2.05, 4.69) is 15.9 Å². The first kappa shape index (κ1) is 11.9. The van der Waals surface area contributed by atoms with Gasteiger partial charge in [0.05, 0.1) is 0 Å². The van der Waals surface area contributed by atoms with Crippen LogP contribution >= 0.6 is 15.9 Å². The molecule has 0 radical (unpaired) electrons. The largest absolute Gasteiger partial charge is 0.399 e. The summed E-state index contributed by atoms with van der Waals surface area (Å²) in [5, 5.41) is 0. The van der Waals surface area contributed by atoms with Crippen LogP contribution in [0.2, 0.25) is 0 Å². The number of nitrogens with two attached hydrogens (primary N) is 1. The van der Waals surface area contributed by atoms with Gasteiger partial charge in [0, 0.05) is 22.1 Å². The van der Waals surface area contributed by atoms with Gasteiger partial charge in [0.1, 0.15) is 0 Å². The van der Waals surface area contributed by atoms with Crippen LogP contribution in [0.25, 0.3) is 0 Å². The minimum Gasteiger partial charge on any atom is -0.399 e. The van der Waals surface area contributed by atoms with Crippen LogP contribution in [0.3, 0.4) is 0 Å². The maximum atomic E-state index is 12.0. The first-order valence-electron chi connectivity index (χ1n) is 5.28. The van der Waals surface area contributed by atoms with Crippen LogP contribution in [0.4, 0.5) is 5.69 Å². The predicted octanol–water partition coefficient (Wildman–Crippen LogP) is 3.46. The minimum atomic E-state index is 0.0830. The number of hydrogen-bond donors (Lipinski definition) is 1. The average molecular weight is 290 g/mol. The first-order valence-corrected chi connectivity index (χ1v) is 6.07. The maximum absolute atomic E-state index is 12.0. The Morgan fingerprint density at radius 1 is 1.12 bits per heavy atom. The molecule has 86 valence electrons. The average Bonchev–Trinajstić information content (AvgIpc) is 2.32. The number of nitrogen functional groups attached to an aromatic ring is 1. The van der Waals surface area contributed by atoms with E-state index in [-0.39, 0.29) is 5.78 Å². The summed E-state index contributed by atoms with van der Waals surface area (Å²) in [7, 11) is 0. The third-order valence-corrected chi connectivity index (χ3v) is 3.02. The van der Waals surface area contributed by atoms with Gasteiger partial charge in [-0.05, 0) is 29.8 Å². The lowest BCUT2D eigenvalue weighted by atomic mass is 10.0. The van der Waals surface area contributed by atoms with E-state index in [0.29, 0.717) is 17.7 Å². The van der Waals surface area contributed by atoms with Crippen molar-refractivity contribution in [3.8, 4) is 0 Å². The van der Waals surface area contributed by atoms with Gasteiger partial charge in [-0.2, -0.15) is 0 Å². The highest BCUT2D eigenvalue weighted by Gasteiger charge is 2.06. The molecule has 0 aliphatic rings. The van der Waals surface area contributed by atoms with Crippen molar-refractivity contribution >= 4 is 27.4 Å². The quantitative estimate of drug-likeness (QED) is 0.695. The van der Waals surface area contributed by atoms with Crippen LogP contribution in [0, 0.1) is 0 Å². The molecule has 0 bridgehead atoms. The van der Waals surface area contributed by atoms with Crippen molar-refractivity contribution in [1.82, 2.24) is 0 Å². The zero-order valence-electron chi connectivity index (χ0n) is 9.19. The molecule has 0 spiro atoms. The van der Waals surface area contributed by atoms with Crippen LogP contribution in [-0.2, 0) is 6.42 Å². The number of benzene rings is 2. The normalized spacial score (nSPS) is 10.2. The monoisotopic (exact) mass is 289 g/mol. The molecule has 0 aliphatic carbocycles. The van der Waals surface area contributed by atoms with E-state index in [1.165, 1.54) is 0 Å². The number of carbonyl (C=O) groups excluding carboxylic acids is 1. The molecule has 0 saturated heterocycles. The molecule has 0 atom stereocenters. The van der Waals surface area contributed by atoms with Gasteiger partial charge in [-0.3, -0.25) is 4.79 Å². The third-order valence-electron chi connectivity index (χ3n) is 2.49. The summed E-state index contributed by atoms with van der Waals surface area (Å²) in [4.78, 5) is 12.0. The molecule has 0 amide bonds. The van der Waals surface area contributed by atoms with Gasteiger partial charge in [-0.25, -0.2) is 0 Å². The zero-order valence-corrected chi connectivity index (χ0v) is 10.8. The van der Waals surface area contributed by atoms with Crippen molar-refractivity contribution in [2.24, 2.45) is 0 Å². The topological polar surface area (TPSA) is 43.1 Å². The molecule has 0 aliphatic heterocycles. The summed E-state index contributed by atoms with van der Waals surface area (Å²) in [6.45, 7) is 0. The number of halogens is 1. The Morgan fingerprint density at radius 2 is 1.82 bits per heavy atom. The maximum Gasteiger partial charge on any atom is 0.167 e. The summed E-state index contributed by atoms with van der Waals surface area (Å²) < 4.78 is 1.01. The molecule has 2 aromatic carbocycles. The number of ketones is 1. The van der Waals surface area contributed by atoms with Crippen molar-refractivity contribution in [3.05, 3.63) is 64.1 Å². The molecule has 0 aromatic heterocycles. The Hall–Kier alpha value is -1.61. The van der Waals surface area contributed by atoms with Gasteiger partial charge in [0.2, 0.25) is 0 Å². The fourth-order valence-electron chi connectivity index (χ4n) is 1.60. The predicted molar refractivity (Wildman–Crippen MR) is 73.0 cm³/mol. The highest BCUT2D eigenvalue weighted by atomic mass is 79.9. The summed E-state index contributed by atoms with van der Waals surface area (Å²) in [5.74, 6) is 0.0830. The number of carbonyl (C=O) groups is 1. The van der Waals surface area contributed by atoms with Crippen LogP contribution in [-0.4, -0.2) is 5.78 Å². The summed E-state index contributed by atoms with van der Waals surface area (Å²) in [6.07, 6.45) is 0.400. The van der Waals surface area contributed by atoms with E-state index in [4.69, 9.17) is 5.73 Å². The second kappa shape index (κ2) is 5.15. The van der Waals surface area contributed by atoms with Crippen LogP contribution < -0.4 is 5.73 Å². The van der Waals surface area contributed by atoms with Gasteiger partial charge < -0.3 is 5.73 Å². The molecule has 3 heteroatoms. The summed E-state index contributed by atoms with van der Waals surface area (Å²) in [6, 6.07) is 14.8. The van der Waals surface area contributed by atoms with Crippen LogP contribution in [0.1, 0.15) is 15.9 Å². The van der Waals surface area contributed by atoms with Gasteiger partial charge in [-0.1, -0.05) is 40.2 Å². The van der Waals surface area contributed by atoms with E-state index in [0.717, 1.165) is 10.0 Å². The number of rotatable bonds is 3. The van der Waals surface area contributed by atoms with Gasteiger partial charge in [0.15, 0.2) is 5.78 Å². The number of anilines is 1. The van der Waals surface area contributed by atoms with E-state index in [9.17, 15) is 4.79 Å². The molecular formula is C14H12BrNO. The smallest absolute Gasteiger partial charge is 0.167 e. The SMILES string of the molecule is Nc1cccc(C(=O)Cc2ccc(Br)cc2)c1. The van der Waals surface area contributed by atoms with E-state index in [1.807, 2.05) is 24.3 Å². The first-order chi connectivity index (χ1) is 8.15. The van der Waals surface area contributed by atoms with Gasteiger partial charge in [0.25, 0.3) is 0 Å². The molecule has 0 unspecified atom stereocenters. The second-order valence-corrected chi connectivity index (χ2v) is 4.77. The van der Waals surface area contributed by atoms with Crippen molar-refractivity contribution < 1.29 is 4.79 Å². The fourth-order valence-corrected chi connectivity index (χ4v) is 1.87. The van der Waals surface area contributed by atoms with E-state index < -0.39 is 0 Å². The molecular weight excluding hydrogens is 278 g/mol. The van der Waals surface area contributed by atoms with Crippen molar-refractivity contribution in [2.75, 3.05) is 5.73 Å². The lowest BCUT2D eigenvalue weighted by Crippen LogP contribution is -2.03. The Bertz CT molecular complexity index is 534. The number of hydrogen-bond acceptors (Lipinski definition) is 2. The molecule has 2 nitrogen and oxygen atoms in total. The highest BCUT2D eigenvalue weighted by Crippen LogP contribution is 2.14. The highest BCUT2D eigenvalue weighted by molar-refractivity contribution is 9.10. The lowest BCUT2D eigenvalue weighted by molar-refractivity contribution is 0.0993. The van der Waals surface area contributed by atoms with Crippen molar-refractivity contribution in [2.45, 2.75) is 6.42 Å². The summed E-state index contributed by atoms with van der Waals surface area (Å²) in [5.41, 5.74) is 7.93. The Morgan fingerprint density at radius 3 is 2.47 bits per heavy atom. The Kier molecular flexibility index (Phi) is 3.59. The Labute approximate surface area is 109 Å². The third kappa shape index (κ3) is 3.17. The number of Topliss-reactive ketones (excluding diaryl/α,β-unsaturated/α-hetero) is 1. The van der Waals surface area contributed by atoms with Crippen LogP contribution in [0.15, 0.2) is 53.0 Å². The molecule has 17 heavy (non-hydrogen) atoms. The van der Waals surface area contributed by atoms with E-state index >= 15 is 0 Å². The molecule has 0 saturated carbocycles. The van der Waals surface area contributed by atoms with Crippen molar-refractivity contribution in [1.29, 1.82) is 0 Å². The summed E-state index contributed by atoms with van der Waals surface area (Å²) >= 11 is 3.36. The standard InChI is InChI=1S/C14H12BrNO/c15-12-6-4-10(5-7-12)8-14(17)11-2-1-3-13(16)9-11/h1-7,9H,8,16H2. The molecule has 2 aromatic rings. The Balaban J connectivity index is 2.14. The molecule has 2 rings (SSSR count). The fraction of sp³-hybridized carbons (Fsp3) is 0.0714.